The van der Waals surface area contributed by atoms with Crippen molar-refractivity contribution >= 4 is 25.6 Å². The molecular formula is C13H24O6S2. The lowest BCUT2D eigenvalue weighted by Gasteiger charge is -2.19. The van der Waals surface area contributed by atoms with Gasteiger partial charge in [-0.1, -0.05) is 0 Å². The summed E-state index contributed by atoms with van der Waals surface area (Å²) >= 11 is 0. The third-order valence-corrected chi connectivity index (χ3v) is 8.57. The molecule has 0 heterocycles. The first-order valence-corrected chi connectivity index (χ1v) is 10.3. The van der Waals surface area contributed by atoms with Gasteiger partial charge >= 0.3 is 5.97 Å². The van der Waals surface area contributed by atoms with Gasteiger partial charge in [-0.25, -0.2) is 16.8 Å². The summed E-state index contributed by atoms with van der Waals surface area (Å²) in [5.74, 6) is -1.35. The summed E-state index contributed by atoms with van der Waals surface area (Å²) in [5, 5.41) is 0. The zero-order valence-electron chi connectivity index (χ0n) is 13.0. The maximum absolute atomic E-state index is 12.1. The van der Waals surface area contributed by atoms with Crippen molar-refractivity contribution in [2.75, 3.05) is 24.4 Å². The average Bonchev–Trinajstić information content (AvgIpc) is 3.04. The number of carbonyl (C=O) groups is 1. The maximum Gasteiger partial charge on any atom is 0.306 e. The van der Waals surface area contributed by atoms with Gasteiger partial charge in [-0.2, -0.15) is 0 Å². The molecule has 0 N–H and O–H groups in total. The van der Waals surface area contributed by atoms with E-state index in [9.17, 15) is 21.6 Å². The topological polar surface area (TPSA) is 94.6 Å². The Morgan fingerprint density at radius 1 is 1.10 bits per heavy atom. The molecule has 124 valence electrons. The molecule has 0 atom stereocenters. The summed E-state index contributed by atoms with van der Waals surface area (Å²) in [4.78, 5) is 11.3. The van der Waals surface area contributed by atoms with Crippen molar-refractivity contribution in [3.63, 3.8) is 0 Å². The molecule has 0 spiro atoms. The lowest BCUT2D eigenvalue weighted by atomic mass is 10.1. The van der Waals surface area contributed by atoms with Gasteiger partial charge in [-0.05, 0) is 39.0 Å². The molecule has 0 aliphatic heterocycles. The van der Waals surface area contributed by atoms with Crippen molar-refractivity contribution in [3.05, 3.63) is 0 Å². The molecule has 6 nitrogen and oxygen atoms in total. The van der Waals surface area contributed by atoms with E-state index in [1.165, 1.54) is 7.11 Å². The minimum Gasteiger partial charge on any atom is -0.469 e. The maximum atomic E-state index is 12.1. The predicted molar refractivity (Wildman–Crippen MR) is 80.5 cm³/mol. The highest BCUT2D eigenvalue weighted by Crippen LogP contribution is 2.50. The molecule has 1 aliphatic carbocycles. The number of hydrogen-bond acceptors (Lipinski definition) is 6. The fourth-order valence-corrected chi connectivity index (χ4v) is 5.98. The Hall–Kier alpha value is -0.630. The first-order chi connectivity index (χ1) is 9.33. The molecule has 0 amide bonds. The molecule has 0 saturated heterocycles. The Bertz CT molecular complexity index is 591. The number of ether oxygens (including phenoxy) is 1. The fraction of sp³-hybridized carbons (Fsp3) is 0.923. The number of hydrogen-bond donors (Lipinski definition) is 0. The summed E-state index contributed by atoms with van der Waals surface area (Å²) in [6.07, 6.45) is 1.40. The first kappa shape index (κ1) is 18.4. The van der Waals surface area contributed by atoms with Gasteiger partial charge in [-0.15, -0.1) is 0 Å². The Morgan fingerprint density at radius 3 is 2.00 bits per heavy atom. The van der Waals surface area contributed by atoms with Crippen molar-refractivity contribution in [2.24, 2.45) is 5.41 Å². The summed E-state index contributed by atoms with van der Waals surface area (Å²) in [5.41, 5.74) is -0.544. The van der Waals surface area contributed by atoms with Crippen molar-refractivity contribution in [3.8, 4) is 0 Å². The van der Waals surface area contributed by atoms with E-state index in [2.05, 4.69) is 4.74 Å². The molecular weight excluding hydrogens is 316 g/mol. The van der Waals surface area contributed by atoms with Gasteiger partial charge in [0.1, 0.15) is 0 Å². The van der Waals surface area contributed by atoms with Gasteiger partial charge < -0.3 is 4.74 Å². The van der Waals surface area contributed by atoms with Crippen LogP contribution >= 0.6 is 0 Å². The van der Waals surface area contributed by atoms with Crippen LogP contribution in [0.25, 0.3) is 0 Å². The SMILES string of the molecule is COC(=O)CC1(CS(=O)(=O)CCS(=O)(=O)C(C)(C)C)CC1. The summed E-state index contributed by atoms with van der Waals surface area (Å²) < 4.78 is 51.8. The van der Waals surface area contributed by atoms with Gasteiger partial charge in [0.15, 0.2) is 19.7 Å². The predicted octanol–water partition coefficient (Wildman–Crippen LogP) is 0.958. The Kier molecular flexibility index (Phi) is 5.15. The molecule has 0 aromatic carbocycles. The largest absolute Gasteiger partial charge is 0.469 e. The second kappa shape index (κ2) is 5.87. The fourth-order valence-electron chi connectivity index (χ4n) is 2.01. The Balaban J connectivity index is 2.66. The second-order valence-electron chi connectivity index (χ2n) is 6.78. The van der Waals surface area contributed by atoms with Crippen molar-refractivity contribution in [1.29, 1.82) is 0 Å². The van der Waals surface area contributed by atoms with Crippen molar-refractivity contribution in [1.82, 2.24) is 0 Å². The van der Waals surface area contributed by atoms with Crippen LogP contribution in [0.1, 0.15) is 40.0 Å². The summed E-state index contributed by atoms with van der Waals surface area (Å²) in [6, 6.07) is 0. The van der Waals surface area contributed by atoms with Crippen molar-refractivity contribution in [2.45, 2.75) is 44.8 Å². The van der Waals surface area contributed by atoms with E-state index >= 15 is 0 Å². The van der Waals surface area contributed by atoms with Crippen LogP contribution in [0, 0.1) is 5.41 Å². The van der Waals surface area contributed by atoms with E-state index < -0.39 is 41.6 Å². The van der Waals surface area contributed by atoms with Crippen LogP contribution in [0.4, 0.5) is 0 Å². The molecule has 0 unspecified atom stereocenters. The molecule has 8 heteroatoms. The zero-order chi connectivity index (χ0) is 16.5. The van der Waals surface area contributed by atoms with Crippen LogP contribution in [0.15, 0.2) is 0 Å². The molecule has 0 aromatic rings. The third kappa shape index (κ3) is 5.25. The van der Waals surface area contributed by atoms with E-state index in [4.69, 9.17) is 0 Å². The van der Waals surface area contributed by atoms with E-state index in [0.717, 1.165) is 0 Å². The van der Waals surface area contributed by atoms with Crippen LogP contribution in [0.5, 0.6) is 0 Å². The smallest absolute Gasteiger partial charge is 0.306 e. The highest BCUT2D eigenvalue weighted by molar-refractivity contribution is 7.95. The Morgan fingerprint density at radius 2 is 1.62 bits per heavy atom. The van der Waals surface area contributed by atoms with E-state index in [1.54, 1.807) is 20.8 Å². The summed E-state index contributed by atoms with van der Waals surface area (Å²) in [7, 11) is -5.71. The second-order valence-corrected chi connectivity index (χ2v) is 11.8. The van der Waals surface area contributed by atoms with Crippen LogP contribution in [-0.4, -0.2) is 51.9 Å². The highest BCUT2D eigenvalue weighted by atomic mass is 32.2. The van der Waals surface area contributed by atoms with Crippen molar-refractivity contribution < 1.29 is 26.4 Å². The van der Waals surface area contributed by atoms with Gasteiger partial charge in [0.25, 0.3) is 0 Å². The number of sulfone groups is 2. The van der Waals surface area contributed by atoms with E-state index in [-0.39, 0.29) is 17.9 Å². The van der Waals surface area contributed by atoms with Crippen LogP contribution in [-0.2, 0) is 29.2 Å². The zero-order valence-corrected chi connectivity index (χ0v) is 14.6. The quantitative estimate of drug-likeness (QED) is 0.641. The molecule has 1 aliphatic rings. The van der Waals surface area contributed by atoms with Crippen LogP contribution < -0.4 is 0 Å². The average molecular weight is 340 g/mol. The summed E-state index contributed by atoms with van der Waals surface area (Å²) in [6.45, 7) is 4.65. The number of esters is 1. The number of carbonyl (C=O) groups excluding carboxylic acids is 1. The van der Waals surface area contributed by atoms with Crippen LogP contribution in [0.3, 0.4) is 0 Å². The monoisotopic (exact) mass is 340 g/mol. The number of rotatable bonds is 7. The van der Waals surface area contributed by atoms with Crippen LogP contribution in [0.2, 0.25) is 0 Å². The minimum atomic E-state index is -3.51. The Labute approximate surface area is 127 Å². The van der Waals surface area contributed by atoms with Gasteiger partial charge in [0, 0.05) is 0 Å². The molecule has 1 rings (SSSR count). The molecule has 1 fully saturated rings. The van der Waals surface area contributed by atoms with E-state index in [1.807, 2.05) is 0 Å². The van der Waals surface area contributed by atoms with Gasteiger partial charge in [0.05, 0.1) is 35.5 Å². The molecule has 0 radical (unpaired) electrons. The molecule has 21 heavy (non-hydrogen) atoms. The number of methoxy groups -OCH3 is 1. The molecule has 1 saturated carbocycles. The lowest BCUT2D eigenvalue weighted by molar-refractivity contribution is -0.141. The van der Waals surface area contributed by atoms with E-state index in [0.29, 0.717) is 12.8 Å². The highest BCUT2D eigenvalue weighted by Gasteiger charge is 2.48. The lowest BCUT2D eigenvalue weighted by Crippen LogP contribution is -2.34. The third-order valence-electron chi connectivity index (χ3n) is 3.83. The normalized spacial score (nSPS) is 18.3. The minimum absolute atomic E-state index is 0.0781. The molecule has 0 bridgehead atoms. The van der Waals surface area contributed by atoms with Gasteiger partial charge in [-0.3, -0.25) is 4.79 Å². The molecule has 0 aromatic heterocycles. The standard InChI is InChI=1S/C13H24O6S2/c1-12(2,3)21(17,18)8-7-20(15,16)10-13(5-6-13)9-11(14)19-4/h5-10H2,1-4H3. The van der Waals surface area contributed by atoms with Gasteiger partial charge in [0.2, 0.25) is 0 Å². The first-order valence-electron chi connectivity index (χ1n) is 6.82.